The number of carbonyl (C=O) groups is 2. The highest BCUT2D eigenvalue weighted by Gasteiger charge is 2.38. The number of aliphatic carboxylic acids is 2. The Labute approximate surface area is 252 Å². The summed E-state index contributed by atoms with van der Waals surface area (Å²) in [6.07, 6.45) is -9.28. The van der Waals surface area contributed by atoms with Gasteiger partial charge >= 0.3 is 30.0 Å². The molecule has 0 bridgehead atoms. The van der Waals surface area contributed by atoms with Crippen molar-refractivity contribution in [3.63, 3.8) is 0 Å². The lowest BCUT2D eigenvalue weighted by Gasteiger charge is -2.18. The summed E-state index contributed by atoms with van der Waals surface area (Å²) in [4.78, 5) is 34.7. The van der Waals surface area contributed by atoms with Crippen molar-refractivity contribution in [2.75, 3.05) is 25.0 Å². The number of nitrogens with two attached hydrogens (primary N) is 1. The Kier molecular flexibility index (Phi) is 12.4. The number of nitrogens with zero attached hydrogens (tertiary/aromatic N) is 4. The number of pyridine rings is 1. The lowest BCUT2D eigenvalue weighted by Crippen LogP contribution is -2.27. The molecule has 5 N–H and O–H groups in total. The molecule has 20 heteroatoms. The van der Waals surface area contributed by atoms with Crippen LogP contribution in [0.15, 0.2) is 53.2 Å². The van der Waals surface area contributed by atoms with E-state index in [0.717, 1.165) is 28.2 Å². The van der Waals surface area contributed by atoms with Crippen molar-refractivity contribution in [2.24, 2.45) is 5.73 Å². The lowest BCUT2D eigenvalue weighted by molar-refractivity contribution is -0.193. The first-order valence-electron chi connectivity index (χ1n) is 12.3. The van der Waals surface area contributed by atoms with E-state index in [0.29, 0.717) is 23.6 Å². The third kappa shape index (κ3) is 10.6. The molecular formula is C26H22F8N6O6. The van der Waals surface area contributed by atoms with Crippen molar-refractivity contribution in [1.82, 2.24) is 19.3 Å². The molecule has 0 saturated heterocycles. The van der Waals surface area contributed by atoms with Gasteiger partial charge in [0.15, 0.2) is 0 Å². The Balaban J connectivity index is 0.000000440. The van der Waals surface area contributed by atoms with Crippen molar-refractivity contribution in [3.05, 3.63) is 75.6 Å². The summed E-state index contributed by atoms with van der Waals surface area (Å²) < 4.78 is 96.9. The van der Waals surface area contributed by atoms with Crippen LogP contribution in [0, 0.1) is 18.8 Å². The van der Waals surface area contributed by atoms with Crippen LogP contribution in [-0.4, -0.2) is 73.5 Å². The number of carboxylic acid groups (broad SMARTS) is 2. The molecule has 0 saturated carbocycles. The average molecular weight is 666 g/mol. The van der Waals surface area contributed by atoms with E-state index in [1.165, 1.54) is 10.9 Å². The summed E-state index contributed by atoms with van der Waals surface area (Å²) in [5.74, 6) is 1.79. The highest BCUT2D eigenvalue weighted by atomic mass is 19.4. The predicted octanol–water partition coefficient (Wildman–Crippen LogP) is 3.32. The molecular weight excluding hydrogens is 644 g/mol. The van der Waals surface area contributed by atoms with E-state index >= 15 is 0 Å². The second-order valence-corrected chi connectivity index (χ2v) is 8.72. The zero-order valence-electron chi connectivity index (χ0n) is 23.2. The number of benzene rings is 1. The summed E-state index contributed by atoms with van der Waals surface area (Å²) in [7, 11) is 0. The molecule has 2 aromatic heterocycles. The molecule has 1 aliphatic heterocycles. The number of hydrogen-bond acceptors (Lipinski definition) is 8. The topological polar surface area (TPSA) is 175 Å². The first kappa shape index (κ1) is 36.7. The second kappa shape index (κ2) is 15.5. The zero-order chi connectivity index (χ0) is 34.8. The molecule has 0 fully saturated rings. The molecule has 1 aromatic carbocycles. The Hall–Kier alpha value is -5.45. The van der Waals surface area contributed by atoms with Gasteiger partial charge in [-0.25, -0.2) is 28.6 Å². The van der Waals surface area contributed by atoms with E-state index in [2.05, 4.69) is 27.2 Å². The molecule has 3 aromatic rings. The fourth-order valence-corrected chi connectivity index (χ4v) is 3.22. The monoisotopic (exact) mass is 666 g/mol. The number of carboxylic acids is 2. The van der Waals surface area contributed by atoms with Crippen LogP contribution >= 0.6 is 0 Å². The standard InChI is InChI=1S/C22H20F2N6O2.2C2HF3O2/c1-14-8-16(3-2-15-4-5-19-18(9-15)26-6-7-32-19)11-27-21(14)29-13-28-30(22(29)31)12-17(10-25)20(23)24;2*3-2(4,5)1(6)7/h4-5,8-9,11,13,26H,6-7,10,12,25H2,1H3;2*(H,6,7). The van der Waals surface area contributed by atoms with Crippen molar-refractivity contribution in [2.45, 2.75) is 25.8 Å². The van der Waals surface area contributed by atoms with Gasteiger partial charge in [-0.1, -0.05) is 11.8 Å². The van der Waals surface area contributed by atoms with Crippen LogP contribution in [0.2, 0.25) is 0 Å². The predicted molar refractivity (Wildman–Crippen MR) is 142 cm³/mol. The van der Waals surface area contributed by atoms with Gasteiger partial charge in [0, 0.05) is 36.0 Å². The van der Waals surface area contributed by atoms with Crippen LogP contribution in [-0.2, 0) is 16.1 Å². The molecule has 0 spiro atoms. The van der Waals surface area contributed by atoms with Gasteiger partial charge in [-0.05, 0) is 36.8 Å². The SMILES string of the molecule is Cc1cc(C#Cc2ccc3c(c2)NCCO3)cnc1-n1cnn(CC(CN)=C(F)F)c1=O.O=C(O)C(F)(F)F.O=C(O)C(F)(F)F. The van der Waals surface area contributed by atoms with Gasteiger partial charge in [0.1, 0.15) is 24.5 Å². The number of halogens is 8. The molecule has 0 unspecified atom stereocenters. The quantitative estimate of drug-likeness (QED) is 0.239. The minimum Gasteiger partial charge on any atom is -0.490 e. The zero-order valence-corrected chi connectivity index (χ0v) is 23.2. The minimum absolute atomic E-state index is 0.348. The normalized spacial score (nSPS) is 11.9. The maximum atomic E-state index is 12.8. The van der Waals surface area contributed by atoms with E-state index in [1.54, 1.807) is 19.2 Å². The van der Waals surface area contributed by atoms with Gasteiger partial charge < -0.3 is 26.0 Å². The minimum atomic E-state index is -5.08. The summed E-state index contributed by atoms with van der Waals surface area (Å²) in [6.45, 7) is 2.42. The number of aryl methyl sites for hydroxylation is 1. The van der Waals surface area contributed by atoms with Crippen LogP contribution in [0.5, 0.6) is 5.75 Å². The van der Waals surface area contributed by atoms with Crippen LogP contribution in [0.1, 0.15) is 16.7 Å². The highest BCUT2D eigenvalue weighted by Crippen LogP contribution is 2.27. The number of aromatic nitrogens is 4. The smallest absolute Gasteiger partial charge is 0.490 e. The number of ether oxygens (including phenoxy) is 1. The Morgan fingerprint density at radius 3 is 2.15 bits per heavy atom. The maximum Gasteiger partial charge on any atom is 0.490 e. The van der Waals surface area contributed by atoms with E-state index in [-0.39, 0.29) is 18.7 Å². The Bertz CT molecular complexity index is 1690. The van der Waals surface area contributed by atoms with Crippen molar-refractivity contribution < 1.29 is 59.7 Å². The number of rotatable bonds is 4. The van der Waals surface area contributed by atoms with Crippen molar-refractivity contribution >= 4 is 17.6 Å². The van der Waals surface area contributed by atoms with Crippen molar-refractivity contribution in [3.8, 4) is 23.4 Å². The fourth-order valence-electron chi connectivity index (χ4n) is 3.22. The molecule has 0 atom stereocenters. The Morgan fingerprint density at radius 1 is 1.04 bits per heavy atom. The fraction of sp³-hybridized carbons (Fsp3) is 0.269. The third-order valence-corrected chi connectivity index (χ3v) is 5.36. The summed E-state index contributed by atoms with van der Waals surface area (Å²) in [6, 6.07) is 7.48. The summed E-state index contributed by atoms with van der Waals surface area (Å²) in [5.41, 5.74) is 7.46. The summed E-state index contributed by atoms with van der Waals surface area (Å²) >= 11 is 0. The van der Waals surface area contributed by atoms with E-state index < -0.39 is 36.1 Å². The number of fused-ring (bicyclic) bond motifs is 1. The molecule has 248 valence electrons. The van der Waals surface area contributed by atoms with E-state index in [1.807, 2.05) is 18.2 Å². The van der Waals surface area contributed by atoms with Gasteiger partial charge in [-0.2, -0.15) is 40.2 Å². The van der Waals surface area contributed by atoms with Gasteiger partial charge in [0.2, 0.25) is 0 Å². The first-order valence-corrected chi connectivity index (χ1v) is 12.3. The number of alkyl halides is 6. The van der Waals surface area contributed by atoms with Crippen molar-refractivity contribution in [1.29, 1.82) is 0 Å². The third-order valence-electron chi connectivity index (χ3n) is 5.36. The van der Waals surface area contributed by atoms with Gasteiger partial charge in [0.25, 0.3) is 6.08 Å². The maximum absolute atomic E-state index is 12.8. The molecule has 0 amide bonds. The molecule has 1 aliphatic rings. The number of anilines is 1. The van der Waals surface area contributed by atoms with E-state index in [4.69, 9.17) is 30.3 Å². The first-order chi connectivity index (χ1) is 21.3. The van der Waals surface area contributed by atoms with Crippen LogP contribution in [0.4, 0.5) is 40.8 Å². The van der Waals surface area contributed by atoms with Gasteiger partial charge in [0.05, 0.1) is 12.2 Å². The molecule has 46 heavy (non-hydrogen) atoms. The molecule has 3 heterocycles. The Morgan fingerprint density at radius 2 is 1.63 bits per heavy atom. The molecule has 0 radical (unpaired) electrons. The van der Waals surface area contributed by atoms with Gasteiger partial charge in [-0.3, -0.25) is 0 Å². The van der Waals surface area contributed by atoms with E-state index in [9.17, 15) is 39.9 Å². The molecule has 12 nitrogen and oxygen atoms in total. The van der Waals surface area contributed by atoms with Gasteiger partial charge in [-0.15, -0.1) is 0 Å². The van der Waals surface area contributed by atoms with Crippen LogP contribution in [0.3, 0.4) is 0 Å². The molecule has 4 rings (SSSR count). The summed E-state index contributed by atoms with van der Waals surface area (Å²) in [5, 5.41) is 21.4. The molecule has 0 aliphatic carbocycles. The average Bonchev–Trinajstić information content (AvgIpc) is 3.33. The largest absolute Gasteiger partial charge is 0.490 e. The lowest BCUT2D eigenvalue weighted by atomic mass is 10.1. The second-order valence-electron chi connectivity index (χ2n) is 8.72. The van der Waals surface area contributed by atoms with Crippen LogP contribution < -0.4 is 21.5 Å². The highest BCUT2D eigenvalue weighted by molar-refractivity contribution is 5.73. The van der Waals surface area contributed by atoms with Crippen LogP contribution in [0.25, 0.3) is 5.82 Å². The number of nitrogens with one attached hydrogen (secondary N) is 1. The number of hydrogen-bond donors (Lipinski definition) is 4.